The number of halogens is 1. The van der Waals surface area contributed by atoms with Gasteiger partial charge in [0.1, 0.15) is 0 Å². The summed E-state index contributed by atoms with van der Waals surface area (Å²) < 4.78 is 0. The largest absolute Gasteiger partial charge is 0.341 e. The van der Waals surface area contributed by atoms with Crippen LogP contribution >= 0.6 is 11.6 Å². The van der Waals surface area contributed by atoms with Crippen LogP contribution in [-0.4, -0.2) is 71.8 Å². The number of likely N-dealkylation sites (tertiary alicyclic amines) is 1. The smallest absolute Gasteiger partial charge is 0.253 e. The second kappa shape index (κ2) is 8.97. The predicted octanol–water partition coefficient (Wildman–Crippen LogP) is 2.94. The van der Waals surface area contributed by atoms with E-state index < -0.39 is 0 Å². The van der Waals surface area contributed by atoms with Gasteiger partial charge < -0.3 is 9.80 Å². The van der Waals surface area contributed by atoms with E-state index in [2.05, 4.69) is 17.0 Å². The Morgan fingerprint density at radius 1 is 0.966 bits per heavy atom. The summed E-state index contributed by atoms with van der Waals surface area (Å²) in [6.07, 6.45) is 1.76. The number of carbonyl (C=O) groups is 2. The highest BCUT2D eigenvalue weighted by molar-refractivity contribution is 6.30. The molecule has 0 radical (unpaired) electrons. The van der Waals surface area contributed by atoms with Gasteiger partial charge in [0, 0.05) is 49.9 Å². The first-order chi connectivity index (χ1) is 14.1. The van der Waals surface area contributed by atoms with E-state index in [0.29, 0.717) is 23.7 Å². The Morgan fingerprint density at radius 3 is 2.45 bits per heavy atom. The Kier molecular flexibility index (Phi) is 6.16. The topological polar surface area (TPSA) is 43.9 Å². The van der Waals surface area contributed by atoms with E-state index in [1.54, 1.807) is 24.3 Å². The first-order valence-electron chi connectivity index (χ1n) is 10.2. The molecule has 0 aromatic heterocycles. The Labute approximate surface area is 176 Å². The number of hydrogen-bond acceptors (Lipinski definition) is 3. The monoisotopic (exact) mass is 411 g/mol. The van der Waals surface area contributed by atoms with Crippen molar-refractivity contribution in [3.8, 4) is 0 Å². The predicted molar refractivity (Wildman–Crippen MR) is 114 cm³/mol. The molecular formula is C23H26ClN3O2. The lowest BCUT2D eigenvalue weighted by atomic mass is 10.1. The van der Waals surface area contributed by atoms with Gasteiger partial charge in [0.15, 0.2) is 0 Å². The molecule has 4 rings (SSSR count). The van der Waals surface area contributed by atoms with Crippen LogP contribution in [0.5, 0.6) is 0 Å². The number of amides is 2. The maximum absolute atomic E-state index is 12.9. The molecule has 2 amide bonds. The fourth-order valence-electron chi connectivity index (χ4n) is 4.23. The normalized spacial score (nSPS) is 20.3. The first kappa shape index (κ1) is 19.9. The van der Waals surface area contributed by atoms with Gasteiger partial charge in [0.2, 0.25) is 5.91 Å². The summed E-state index contributed by atoms with van der Waals surface area (Å²) in [5.41, 5.74) is 1.88. The van der Waals surface area contributed by atoms with Crippen molar-refractivity contribution in [3.05, 3.63) is 70.7 Å². The van der Waals surface area contributed by atoms with E-state index in [-0.39, 0.29) is 17.9 Å². The molecule has 2 aromatic carbocycles. The van der Waals surface area contributed by atoms with E-state index in [1.807, 2.05) is 28.0 Å². The molecule has 5 nitrogen and oxygen atoms in total. The van der Waals surface area contributed by atoms with Gasteiger partial charge in [0.25, 0.3) is 5.91 Å². The molecule has 1 unspecified atom stereocenters. The molecule has 6 heteroatoms. The van der Waals surface area contributed by atoms with Crippen LogP contribution in [0.25, 0.3) is 0 Å². The van der Waals surface area contributed by atoms with Crippen LogP contribution in [0, 0.1) is 0 Å². The summed E-state index contributed by atoms with van der Waals surface area (Å²) in [6, 6.07) is 17.3. The van der Waals surface area contributed by atoms with E-state index in [1.165, 1.54) is 5.56 Å². The van der Waals surface area contributed by atoms with Crippen LogP contribution in [-0.2, 0) is 11.2 Å². The number of piperazine rings is 1. The van der Waals surface area contributed by atoms with Gasteiger partial charge in [-0.25, -0.2) is 0 Å². The molecule has 29 heavy (non-hydrogen) atoms. The van der Waals surface area contributed by atoms with Crippen LogP contribution in [0.4, 0.5) is 0 Å². The number of benzene rings is 2. The fourth-order valence-corrected chi connectivity index (χ4v) is 4.42. The van der Waals surface area contributed by atoms with Crippen molar-refractivity contribution >= 4 is 23.4 Å². The van der Waals surface area contributed by atoms with Crippen molar-refractivity contribution in [2.45, 2.75) is 18.9 Å². The number of carbonyl (C=O) groups excluding carboxylic acids is 2. The van der Waals surface area contributed by atoms with Gasteiger partial charge in [-0.15, -0.1) is 0 Å². The minimum absolute atomic E-state index is 0.00869. The SMILES string of the molecule is O=C(c1cccc(Cl)c1)N1CCN(C2CCN(CCc3ccccc3)C2=O)CC1. The molecule has 0 aliphatic carbocycles. The average molecular weight is 412 g/mol. The van der Waals surface area contributed by atoms with Crippen LogP contribution in [0.15, 0.2) is 54.6 Å². The van der Waals surface area contributed by atoms with E-state index >= 15 is 0 Å². The molecule has 2 aliphatic rings. The molecule has 0 spiro atoms. The molecule has 0 saturated carbocycles. The lowest BCUT2D eigenvalue weighted by Crippen LogP contribution is -2.53. The van der Waals surface area contributed by atoms with Crippen LogP contribution in [0.2, 0.25) is 5.02 Å². The zero-order valence-corrected chi connectivity index (χ0v) is 17.2. The minimum Gasteiger partial charge on any atom is -0.341 e. The summed E-state index contributed by atoms with van der Waals surface area (Å²) in [5, 5.41) is 0.571. The highest BCUT2D eigenvalue weighted by Crippen LogP contribution is 2.21. The Hall–Kier alpha value is -2.37. The molecule has 152 valence electrons. The first-order valence-corrected chi connectivity index (χ1v) is 10.6. The van der Waals surface area contributed by atoms with E-state index in [0.717, 1.165) is 39.0 Å². The number of nitrogens with zero attached hydrogens (tertiary/aromatic N) is 3. The highest BCUT2D eigenvalue weighted by atomic mass is 35.5. The summed E-state index contributed by atoms with van der Waals surface area (Å²) in [5.74, 6) is 0.241. The van der Waals surface area contributed by atoms with Gasteiger partial charge in [0.05, 0.1) is 6.04 Å². The van der Waals surface area contributed by atoms with Gasteiger partial charge in [-0.1, -0.05) is 48.0 Å². The van der Waals surface area contributed by atoms with Crippen molar-refractivity contribution in [2.75, 3.05) is 39.3 Å². The standard InChI is InChI=1S/C23H26ClN3O2/c24-20-8-4-7-19(17-20)22(28)27-15-13-25(14-16-27)21-10-12-26(23(21)29)11-9-18-5-2-1-3-6-18/h1-8,17,21H,9-16H2. The van der Waals surface area contributed by atoms with Crippen LogP contribution < -0.4 is 0 Å². The fraction of sp³-hybridized carbons (Fsp3) is 0.391. The highest BCUT2D eigenvalue weighted by Gasteiger charge is 2.37. The summed E-state index contributed by atoms with van der Waals surface area (Å²) in [6.45, 7) is 4.33. The van der Waals surface area contributed by atoms with Crippen LogP contribution in [0.3, 0.4) is 0 Å². The third kappa shape index (κ3) is 4.62. The Morgan fingerprint density at radius 2 is 1.72 bits per heavy atom. The zero-order chi connectivity index (χ0) is 20.2. The minimum atomic E-state index is -0.0470. The summed E-state index contributed by atoms with van der Waals surface area (Å²) in [7, 11) is 0. The van der Waals surface area contributed by atoms with Gasteiger partial charge >= 0.3 is 0 Å². The molecule has 0 N–H and O–H groups in total. The van der Waals surface area contributed by atoms with Crippen molar-refractivity contribution in [3.63, 3.8) is 0 Å². The molecular weight excluding hydrogens is 386 g/mol. The quantitative estimate of drug-likeness (QED) is 0.759. The van der Waals surface area contributed by atoms with E-state index in [9.17, 15) is 9.59 Å². The molecule has 0 bridgehead atoms. The third-order valence-corrected chi connectivity index (χ3v) is 6.13. The van der Waals surface area contributed by atoms with Crippen molar-refractivity contribution in [2.24, 2.45) is 0 Å². The average Bonchev–Trinajstić information content (AvgIpc) is 3.13. The van der Waals surface area contributed by atoms with Crippen molar-refractivity contribution in [1.82, 2.24) is 14.7 Å². The van der Waals surface area contributed by atoms with Crippen molar-refractivity contribution < 1.29 is 9.59 Å². The summed E-state index contributed by atoms with van der Waals surface area (Å²) >= 11 is 6.01. The van der Waals surface area contributed by atoms with Gasteiger partial charge in [-0.05, 0) is 36.6 Å². The Balaban J connectivity index is 1.28. The molecule has 2 fully saturated rings. The summed E-state index contributed by atoms with van der Waals surface area (Å²) in [4.78, 5) is 31.7. The second-order valence-corrected chi connectivity index (χ2v) is 8.14. The molecule has 2 aromatic rings. The Bertz CT molecular complexity index is 865. The molecule has 2 saturated heterocycles. The van der Waals surface area contributed by atoms with E-state index in [4.69, 9.17) is 11.6 Å². The molecule has 1 atom stereocenters. The number of rotatable bonds is 5. The van der Waals surface area contributed by atoms with Crippen molar-refractivity contribution in [1.29, 1.82) is 0 Å². The molecule has 2 heterocycles. The zero-order valence-electron chi connectivity index (χ0n) is 16.5. The van der Waals surface area contributed by atoms with Crippen LogP contribution in [0.1, 0.15) is 22.3 Å². The maximum atomic E-state index is 12.9. The lowest BCUT2D eigenvalue weighted by molar-refractivity contribution is -0.132. The van der Waals surface area contributed by atoms with Gasteiger partial charge in [-0.2, -0.15) is 0 Å². The third-order valence-electron chi connectivity index (χ3n) is 5.90. The molecule has 2 aliphatic heterocycles. The lowest BCUT2D eigenvalue weighted by Gasteiger charge is -2.37. The number of hydrogen-bond donors (Lipinski definition) is 0. The van der Waals surface area contributed by atoms with Gasteiger partial charge in [-0.3, -0.25) is 14.5 Å². The maximum Gasteiger partial charge on any atom is 0.253 e. The second-order valence-electron chi connectivity index (χ2n) is 7.70.